The standard InChI is InChI=1S/C12H17NO2S/c1-9-4-7-16-11(9)12(15)13-5-2-10(8-13)3-6-14/h4,7,10,14H,2-3,5-6,8H2,1H3. The number of amides is 1. The molecule has 1 fully saturated rings. The van der Waals surface area contributed by atoms with E-state index in [1.54, 1.807) is 0 Å². The molecule has 1 aromatic heterocycles. The highest BCUT2D eigenvalue weighted by Crippen LogP contribution is 2.24. The Hall–Kier alpha value is -0.870. The van der Waals surface area contributed by atoms with Crippen molar-refractivity contribution in [2.45, 2.75) is 19.8 Å². The third-order valence-electron chi connectivity index (χ3n) is 3.17. The molecular weight excluding hydrogens is 222 g/mol. The van der Waals surface area contributed by atoms with Crippen LogP contribution in [0.2, 0.25) is 0 Å². The molecular formula is C12H17NO2S. The van der Waals surface area contributed by atoms with Gasteiger partial charge < -0.3 is 10.0 Å². The first-order valence-corrected chi connectivity index (χ1v) is 6.54. The molecule has 2 heterocycles. The van der Waals surface area contributed by atoms with Crippen molar-refractivity contribution in [2.24, 2.45) is 5.92 Å². The van der Waals surface area contributed by atoms with E-state index < -0.39 is 0 Å². The van der Waals surface area contributed by atoms with E-state index in [9.17, 15) is 4.79 Å². The van der Waals surface area contributed by atoms with Crippen LogP contribution in [0.4, 0.5) is 0 Å². The third kappa shape index (κ3) is 2.28. The van der Waals surface area contributed by atoms with Gasteiger partial charge in [0, 0.05) is 19.7 Å². The summed E-state index contributed by atoms with van der Waals surface area (Å²) in [5.41, 5.74) is 1.07. The summed E-state index contributed by atoms with van der Waals surface area (Å²) >= 11 is 1.52. The van der Waals surface area contributed by atoms with Crippen LogP contribution in [0, 0.1) is 12.8 Å². The quantitative estimate of drug-likeness (QED) is 0.875. The Morgan fingerprint density at radius 2 is 2.50 bits per heavy atom. The van der Waals surface area contributed by atoms with Gasteiger partial charge in [0.15, 0.2) is 0 Å². The van der Waals surface area contributed by atoms with E-state index in [-0.39, 0.29) is 12.5 Å². The average Bonchev–Trinajstić information content (AvgIpc) is 2.87. The van der Waals surface area contributed by atoms with E-state index in [4.69, 9.17) is 5.11 Å². The van der Waals surface area contributed by atoms with Gasteiger partial charge in [-0.15, -0.1) is 11.3 Å². The molecule has 2 rings (SSSR count). The van der Waals surface area contributed by atoms with Gasteiger partial charge in [-0.3, -0.25) is 4.79 Å². The maximum absolute atomic E-state index is 12.2. The minimum Gasteiger partial charge on any atom is -0.396 e. The minimum absolute atomic E-state index is 0.160. The summed E-state index contributed by atoms with van der Waals surface area (Å²) in [6.07, 6.45) is 1.84. The van der Waals surface area contributed by atoms with Gasteiger partial charge in [-0.1, -0.05) is 0 Å². The summed E-state index contributed by atoms with van der Waals surface area (Å²) in [6, 6.07) is 1.99. The number of thiophene rings is 1. The maximum atomic E-state index is 12.2. The molecule has 1 saturated heterocycles. The summed E-state index contributed by atoms with van der Waals surface area (Å²) in [7, 11) is 0. The van der Waals surface area contributed by atoms with Gasteiger partial charge in [0.1, 0.15) is 0 Å². The van der Waals surface area contributed by atoms with Gasteiger partial charge in [-0.2, -0.15) is 0 Å². The molecule has 1 unspecified atom stereocenters. The fourth-order valence-electron chi connectivity index (χ4n) is 2.17. The number of hydrogen-bond acceptors (Lipinski definition) is 3. The first-order valence-electron chi connectivity index (χ1n) is 5.66. The number of aliphatic hydroxyl groups is 1. The van der Waals surface area contributed by atoms with Gasteiger partial charge in [-0.25, -0.2) is 0 Å². The maximum Gasteiger partial charge on any atom is 0.264 e. The van der Waals surface area contributed by atoms with Crippen LogP contribution in [0.25, 0.3) is 0 Å². The number of nitrogens with zero attached hydrogens (tertiary/aromatic N) is 1. The van der Waals surface area contributed by atoms with Crippen molar-refractivity contribution in [3.63, 3.8) is 0 Å². The van der Waals surface area contributed by atoms with E-state index >= 15 is 0 Å². The number of aryl methyl sites for hydroxylation is 1. The van der Waals surface area contributed by atoms with Gasteiger partial charge in [-0.05, 0) is 42.7 Å². The van der Waals surface area contributed by atoms with Gasteiger partial charge >= 0.3 is 0 Å². The molecule has 1 aromatic rings. The van der Waals surface area contributed by atoms with Crippen LogP contribution < -0.4 is 0 Å². The van der Waals surface area contributed by atoms with Crippen LogP contribution >= 0.6 is 11.3 Å². The van der Waals surface area contributed by atoms with Crippen LogP contribution in [0.1, 0.15) is 28.1 Å². The van der Waals surface area contributed by atoms with Crippen LogP contribution in [0.5, 0.6) is 0 Å². The second-order valence-electron chi connectivity index (χ2n) is 4.35. The van der Waals surface area contributed by atoms with Crippen LogP contribution in [-0.2, 0) is 0 Å². The molecule has 0 aromatic carbocycles. The lowest BCUT2D eigenvalue weighted by molar-refractivity contribution is 0.0789. The largest absolute Gasteiger partial charge is 0.396 e. The number of aliphatic hydroxyl groups excluding tert-OH is 1. The molecule has 88 valence electrons. The fourth-order valence-corrected chi connectivity index (χ4v) is 3.06. The van der Waals surface area contributed by atoms with Crippen molar-refractivity contribution >= 4 is 17.2 Å². The first-order chi connectivity index (χ1) is 7.72. The topological polar surface area (TPSA) is 40.5 Å². The molecule has 1 aliphatic rings. The zero-order valence-corrected chi connectivity index (χ0v) is 10.3. The van der Waals surface area contributed by atoms with E-state index in [2.05, 4.69) is 0 Å². The number of carbonyl (C=O) groups is 1. The summed E-state index contributed by atoms with van der Waals surface area (Å²) in [6.45, 7) is 3.84. The van der Waals surface area contributed by atoms with E-state index in [1.807, 2.05) is 23.3 Å². The zero-order chi connectivity index (χ0) is 11.5. The highest BCUT2D eigenvalue weighted by atomic mass is 32.1. The number of hydrogen-bond donors (Lipinski definition) is 1. The van der Waals surface area contributed by atoms with E-state index in [0.29, 0.717) is 5.92 Å². The Bertz CT molecular complexity index is 375. The number of carbonyl (C=O) groups excluding carboxylic acids is 1. The third-order valence-corrected chi connectivity index (χ3v) is 4.17. The zero-order valence-electron chi connectivity index (χ0n) is 9.48. The molecule has 0 bridgehead atoms. The molecule has 1 amide bonds. The molecule has 1 N–H and O–H groups in total. The minimum atomic E-state index is 0.160. The Morgan fingerprint density at radius 3 is 3.12 bits per heavy atom. The van der Waals surface area contributed by atoms with Crippen molar-refractivity contribution < 1.29 is 9.90 Å². The van der Waals surface area contributed by atoms with Crippen molar-refractivity contribution in [3.05, 3.63) is 21.9 Å². The Balaban J connectivity index is 2.00. The molecule has 16 heavy (non-hydrogen) atoms. The van der Waals surface area contributed by atoms with Crippen LogP contribution in [0.15, 0.2) is 11.4 Å². The van der Waals surface area contributed by atoms with Crippen molar-refractivity contribution in [1.82, 2.24) is 4.90 Å². The normalized spacial score (nSPS) is 20.4. The molecule has 0 saturated carbocycles. The van der Waals surface area contributed by atoms with E-state index in [0.717, 1.165) is 36.4 Å². The lowest BCUT2D eigenvalue weighted by Crippen LogP contribution is -2.28. The second-order valence-corrected chi connectivity index (χ2v) is 5.27. The highest BCUT2D eigenvalue weighted by Gasteiger charge is 2.27. The fraction of sp³-hybridized carbons (Fsp3) is 0.583. The smallest absolute Gasteiger partial charge is 0.264 e. The molecule has 0 spiro atoms. The Morgan fingerprint density at radius 1 is 1.69 bits per heavy atom. The summed E-state index contributed by atoms with van der Waals surface area (Å²) in [4.78, 5) is 14.9. The monoisotopic (exact) mass is 239 g/mol. The highest BCUT2D eigenvalue weighted by molar-refractivity contribution is 7.12. The molecule has 3 nitrogen and oxygen atoms in total. The summed E-state index contributed by atoms with van der Waals surface area (Å²) in [5, 5.41) is 10.8. The molecule has 0 radical (unpaired) electrons. The van der Waals surface area contributed by atoms with Crippen LogP contribution in [0.3, 0.4) is 0 Å². The van der Waals surface area contributed by atoms with Crippen molar-refractivity contribution in [1.29, 1.82) is 0 Å². The number of rotatable bonds is 3. The summed E-state index contributed by atoms with van der Waals surface area (Å²) < 4.78 is 0. The number of likely N-dealkylation sites (tertiary alicyclic amines) is 1. The van der Waals surface area contributed by atoms with Crippen LogP contribution in [-0.4, -0.2) is 35.6 Å². The molecule has 4 heteroatoms. The molecule has 0 aliphatic carbocycles. The SMILES string of the molecule is Cc1ccsc1C(=O)N1CCC(CCO)C1. The lowest BCUT2D eigenvalue weighted by atomic mass is 10.1. The molecule has 1 atom stereocenters. The van der Waals surface area contributed by atoms with Crippen molar-refractivity contribution in [3.8, 4) is 0 Å². The summed E-state index contributed by atoms with van der Waals surface area (Å²) in [5.74, 6) is 0.641. The van der Waals surface area contributed by atoms with Crippen molar-refractivity contribution in [2.75, 3.05) is 19.7 Å². The Kier molecular flexibility index (Phi) is 3.61. The van der Waals surface area contributed by atoms with Gasteiger partial charge in [0.25, 0.3) is 5.91 Å². The first kappa shape index (κ1) is 11.6. The van der Waals surface area contributed by atoms with Gasteiger partial charge in [0.05, 0.1) is 4.88 Å². The average molecular weight is 239 g/mol. The van der Waals surface area contributed by atoms with E-state index in [1.165, 1.54) is 11.3 Å². The lowest BCUT2D eigenvalue weighted by Gasteiger charge is -2.15. The predicted molar refractivity (Wildman–Crippen MR) is 64.8 cm³/mol. The second kappa shape index (κ2) is 4.97. The molecule has 1 aliphatic heterocycles. The predicted octanol–water partition coefficient (Wildman–Crippen LogP) is 1.90. The van der Waals surface area contributed by atoms with Gasteiger partial charge in [0.2, 0.25) is 0 Å². The Labute approximate surface area is 99.7 Å².